The summed E-state index contributed by atoms with van der Waals surface area (Å²) in [6.45, 7) is 1.77. The lowest BCUT2D eigenvalue weighted by Gasteiger charge is -2.13. The van der Waals surface area contributed by atoms with E-state index < -0.39 is 5.51 Å². The second-order valence-corrected chi connectivity index (χ2v) is 5.02. The van der Waals surface area contributed by atoms with Crippen LogP contribution in [0.25, 0.3) is 0 Å². The van der Waals surface area contributed by atoms with Crippen molar-refractivity contribution < 1.29 is 18.0 Å². The molecule has 1 aromatic rings. The molecule has 0 unspecified atom stereocenters. The summed E-state index contributed by atoms with van der Waals surface area (Å²) < 4.78 is 37.2. The predicted molar refractivity (Wildman–Crippen MR) is 67.2 cm³/mol. The van der Waals surface area contributed by atoms with Gasteiger partial charge in [0.25, 0.3) is 0 Å². The maximum atomic E-state index is 12.4. The molecule has 18 heavy (non-hydrogen) atoms. The van der Waals surface area contributed by atoms with Crippen LogP contribution >= 0.6 is 23.4 Å². The Morgan fingerprint density at radius 1 is 1.39 bits per heavy atom. The molecule has 0 N–H and O–H groups in total. The molecule has 0 heterocycles. The van der Waals surface area contributed by atoms with Gasteiger partial charge in [-0.05, 0) is 35.4 Å². The van der Waals surface area contributed by atoms with Crippen LogP contribution in [0.3, 0.4) is 0 Å². The second kappa shape index (κ2) is 6.48. The van der Waals surface area contributed by atoms with Gasteiger partial charge in [-0.15, -0.1) is 11.6 Å². The molecule has 1 nitrogen and oxygen atoms in total. The van der Waals surface area contributed by atoms with Gasteiger partial charge in [0.05, 0.1) is 5.88 Å². The lowest BCUT2D eigenvalue weighted by molar-refractivity contribution is -0.116. The quantitative estimate of drug-likeness (QED) is 0.598. The Labute approximate surface area is 113 Å². The molecule has 0 spiro atoms. The highest BCUT2D eigenvalue weighted by Gasteiger charge is 2.30. The van der Waals surface area contributed by atoms with E-state index >= 15 is 0 Å². The lowest BCUT2D eigenvalue weighted by Crippen LogP contribution is -2.08. The number of carbonyl (C=O) groups excluding carboxylic acids is 1. The standard InChI is InChI=1S/C12H12ClF3OS/c1-2-10-8(6-9(17)7-13)4-3-5-11(10)18-12(14,15)16/h3-5H,2,6-7H2,1H3. The van der Waals surface area contributed by atoms with Gasteiger partial charge in [-0.2, -0.15) is 13.2 Å². The minimum absolute atomic E-state index is 0.0823. The number of hydrogen-bond acceptors (Lipinski definition) is 2. The fraction of sp³-hybridized carbons (Fsp3) is 0.417. The maximum absolute atomic E-state index is 12.4. The zero-order chi connectivity index (χ0) is 13.8. The molecular weight excluding hydrogens is 285 g/mol. The van der Waals surface area contributed by atoms with Gasteiger partial charge < -0.3 is 0 Å². The summed E-state index contributed by atoms with van der Waals surface area (Å²) in [4.78, 5) is 11.4. The number of benzene rings is 1. The van der Waals surface area contributed by atoms with Crippen LogP contribution in [0.4, 0.5) is 13.2 Å². The van der Waals surface area contributed by atoms with Gasteiger partial charge in [0, 0.05) is 11.3 Å². The van der Waals surface area contributed by atoms with E-state index in [1.165, 1.54) is 12.1 Å². The van der Waals surface area contributed by atoms with Crippen LogP contribution in [-0.4, -0.2) is 17.2 Å². The van der Waals surface area contributed by atoms with Gasteiger partial charge in [-0.25, -0.2) is 0 Å². The highest BCUT2D eigenvalue weighted by atomic mass is 35.5. The largest absolute Gasteiger partial charge is 0.446 e. The first kappa shape index (κ1) is 15.4. The van der Waals surface area contributed by atoms with Crippen LogP contribution in [-0.2, 0) is 17.6 Å². The van der Waals surface area contributed by atoms with Crippen molar-refractivity contribution >= 4 is 29.1 Å². The summed E-state index contributed by atoms with van der Waals surface area (Å²) in [7, 11) is 0. The summed E-state index contributed by atoms with van der Waals surface area (Å²) in [5, 5.41) is 0. The van der Waals surface area contributed by atoms with E-state index in [0.29, 0.717) is 17.5 Å². The number of carbonyl (C=O) groups is 1. The fourth-order valence-corrected chi connectivity index (χ4v) is 2.55. The normalized spacial score (nSPS) is 11.6. The molecule has 0 aliphatic rings. The Morgan fingerprint density at radius 3 is 2.56 bits per heavy atom. The average molecular weight is 297 g/mol. The average Bonchev–Trinajstić information content (AvgIpc) is 2.27. The third-order valence-corrected chi connectivity index (χ3v) is 3.48. The second-order valence-electron chi connectivity index (χ2n) is 3.64. The van der Waals surface area contributed by atoms with Crippen LogP contribution in [0, 0.1) is 0 Å². The Balaban J connectivity index is 3.06. The molecule has 100 valence electrons. The number of hydrogen-bond donors (Lipinski definition) is 0. The molecule has 0 radical (unpaired) electrons. The minimum Gasteiger partial charge on any atom is -0.298 e. The minimum atomic E-state index is -4.32. The number of Topliss-reactive ketones (excluding diaryl/α,β-unsaturated/α-hetero) is 1. The Hall–Kier alpha value is -0.680. The van der Waals surface area contributed by atoms with Crippen LogP contribution in [0.1, 0.15) is 18.1 Å². The summed E-state index contributed by atoms with van der Waals surface area (Å²) in [6, 6.07) is 4.62. The van der Waals surface area contributed by atoms with Crippen LogP contribution in [0.2, 0.25) is 0 Å². The third kappa shape index (κ3) is 4.53. The summed E-state index contributed by atoms with van der Waals surface area (Å²) in [5.41, 5.74) is -3.13. The van der Waals surface area contributed by atoms with E-state index in [1.54, 1.807) is 13.0 Å². The summed E-state index contributed by atoms with van der Waals surface area (Å²) in [5.74, 6) is -0.319. The van der Waals surface area contributed by atoms with E-state index in [9.17, 15) is 18.0 Å². The molecule has 1 aromatic carbocycles. The molecule has 6 heteroatoms. The zero-order valence-electron chi connectivity index (χ0n) is 9.68. The first-order chi connectivity index (χ1) is 8.37. The van der Waals surface area contributed by atoms with Gasteiger partial charge >= 0.3 is 5.51 Å². The molecule has 1 rings (SSSR count). The SMILES string of the molecule is CCc1c(CC(=O)CCl)cccc1SC(F)(F)F. The van der Waals surface area contributed by atoms with Gasteiger partial charge in [0.1, 0.15) is 0 Å². The van der Waals surface area contributed by atoms with Crippen molar-refractivity contribution in [3.63, 3.8) is 0 Å². The van der Waals surface area contributed by atoms with Crippen molar-refractivity contribution in [2.75, 3.05) is 5.88 Å². The van der Waals surface area contributed by atoms with Gasteiger partial charge in [0.15, 0.2) is 5.78 Å². The lowest BCUT2D eigenvalue weighted by atomic mass is 10.0. The highest BCUT2D eigenvalue weighted by Crippen LogP contribution is 2.39. The fourth-order valence-electron chi connectivity index (χ4n) is 1.66. The van der Waals surface area contributed by atoms with Gasteiger partial charge in [-0.3, -0.25) is 4.79 Å². The van der Waals surface area contributed by atoms with Crippen LogP contribution in [0.5, 0.6) is 0 Å². The molecule has 0 saturated carbocycles. The number of halogens is 4. The summed E-state index contributed by atoms with van der Waals surface area (Å²) >= 11 is 5.27. The van der Waals surface area contributed by atoms with E-state index in [4.69, 9.17) is 11.6 Å². The number of thioether (sulfide) groups is 1. The smallest absolute Gasteiger partial charge is 0.298 e. The Morgan fingerprint density at radius 2 is 2.06 bits per heavy atom. The predicted octanol–water partition coefficient (Wildman–Crippen LogP) is 4.21. The van der Waals surface area contributed by atoms with Gasteiger partial charge in [-0.1, -0.05) is 19.1 Å². The maximum Gasteiger partial charge on any atom is 0.446 e. The van der Waals surface area contributed by atoms with Crippen molar-refractivity contribution in [2.24, 2.45) is 0 Å². The van der Waals surface area contributed by atoms with E-state index in [2.05, 4.69) is 0 Å². The Bertz CT molecular complexity index is 432. The number of rotatable bonds is 5. The number of ketones is 1. The summed E-state index contributed by atoms with van der Waals surface area (Å²) in [6.07, 6.45) is 0.531. The monoisotopic (exact) mass is 296 g/mol. The molecule has 0 bridgehead atoms. The molecule has 0 aromatic heterocycles. The zero-order valence-corrected chi connectivity index (χ0v) is 11.3. The Kier molecular flexibility index (Phi) is 5.53. The first-order valence-corrected chi connectivity index (χ1v) is 6.66. The van der Waals surface area contributed by atoms with E-state index in [0.717, 1.165) is 0 Å². The van der Waals surface area contributed by atoms with E-state index in [1.807, 2.05) is 0 Å². The molecular formula is C12H12ClF3OS. The third-order valence-electron chi connectivity index (χ3n) is 2.35. The molecule has 0 atom stereocenters. The molecule has 0 amide bonds. The van der Waals surface area contributed by atoms with E-state index in [-0.39, 0.29) is 34.7 Å². The van der Waals surface area contributed by atoms with Crippen molar-refractivity contribution in [2.45, 2.75) is 30.2 Å². The topological polar surface area (TPSA) is 17.1 Å². The molecule has 0 fully saturated rings. The van der Waals surface area contributed by atoms with Crippen LogP contribution in [0.15, 0.2) is 23.1 Å². The van der Waals surface area contributed by atoms with Crippen molar-refractivity contribution in [3.05, 3.63) is 29.3 Å². The van der Waals surface area contributed by atoms with Crippen molar-refractivity contribution in [1.82, 2.24) is 0 Å². The van der Waals surface area contributed by atoms with Crippen molar-refractivity contribution in [1.29, 1.82) is 0 Å². The number of alkyl halides is 4. The molecule has 0 saturated heterocycles. The highest BCUT2D eigenvalue weighted by molar-refractivity contribution is 8.00. The first-order valence-electron chi connectivity index (χ1n) is 5.31. The molecule has 0 aliphatic carbocycles. The van der Waals surface area contributed by atoms with Crippen molar-refractivity contribution in [3.8, 4) is 0 Å². The van der Waals surface area contributed by atoms with Crippen LogP contribution < -0.4 is 0 Å². The van der Waals surface area contributed by atoms with Gasteiger partial charge in [0.2, 0.25) is 0 Å². The molecule has 0 aliphatic heterocycles.